The zero-order valence-corrected chi connectivity index (χ0v) is 23.0. The number of anilines is 1. The van der Waals surface area contributed by atoms with E-state index < -0.39 is 11.8 Å². The van der Waals surface area contributed by atoms with E-state index in [1.807, 2.05) is 18.2 Å². The van der Waals surface area contributed by atoms with E-state index in [0.717, 1.165) is 55.8 Å². The van der Waals surface area contributed by atoms with Gasteiger partial charge in [-0.05, 0) is 55.7 Å². The highest BCUT2D eigenvalue weighted by Gasteiger charge is 2.25. The molecule has 4 aromatic rings. The van der Waals surface area contributed by atoms with Crippen LogP contribution in [0.2, 0.25) is 0 Å². The highest BCUT2D eigenvalue weighted by Crippen LogP contribution is 2.25. The highest BCUT2D eigenvalue weighted by molar-refractivity contribution is 5.92. The Bertz CT molecular complexity index is 1640. The molecule has 2 N–H and O–H groups in total. The molecule has 1 atom stereocenters. The Morgan fingerprint density at radius 3 is 2.69 bits per heavy atom. The molecule has 4 heterocycles. The van der Waals surface area contributed by atoms with Gasteiger partial charge in [0.05, 0.1) is 47.4 Å². The van der Waals surface area contributed by atoms with Crippen LogP contribution in [0.25, 0.3) is 11.0 Å². The number of carboxylic acid groups (broad SMARTS) is 1. The molecule has 216 valence electrons. The van der Waals surface area contributed by atoms with E-state index in [0.29, 0.717) is 30.4 Å². The third kappa shape index (κ3) is 6.20. The minimum Gasteiger partial charge on any atom is -0.478 e. The lowest BCUT2D eigenvalue weighted by molar-refractivity contribution is -0.0592. The number of benzene rings is 2. The molecule has 10 nitrogen and oxygen atoms in total. The van der Waals surface area contributed by atoms with Crippen molar-refractivity contribution in [1.29, 1.82) is 5.26 Å². The summed E-state index contributed by atoms with van der Waals surface area (Å²) in [6.45, 7) is 3.85. The van der Waals surface area contributed by atoms with Crippen molar-refractivity contribution < 1.29 is 23.8 Å². The summed E-state index contributed by atoms with van der Waals surface area (Å²) in [5.74, 6) is 0.573. The number of likely N-dealkylation sites (tertiary alicyclic amines) is 1. The van der Waals surface area contributed by atoms with E-state index in [1.54, 1.807) is 36.4 Å². The van der Waals surface area contributed by atoms with Gasteiger partial charge in [0.1, 0.15) is 24.1 Å². The summed E-state index contributed by atoms with van der Waals surface area (Å²) in [6.07, 6.45) is 2.94. The van der Waals surface area contributed by atoms with Gasteiger partial charge in [0.2, 0.25) is 5.88 Å². The Morgan fingerprint density at radius 2 is 1.98 bits per heavy atom. The van der Waals surface area contributed by atoms with Crippen LogP contribution in [0.4, 0.5) is 10.2 Å². The molecule has 2 aromatic heterocycles. The number of imidazole rings is 1. The van der Waals surface area contributed by atoms with Crippen LogP contribution in [-0.2, 0) is 24.4 Å². The van der Waals surface area contributed by atoms with Crippen molar-refractivity contribution in [2.75, 3.05) is 25.0 Å². The SMILES string of the molecule is N#Cc1ccc(COc2cccc(NC3CCN(Cc4nc5ccc(C(=O)O)cc5n4CC4CCO4)CC3)n2)c(F)c1. The van der Waals surface area contributed by atoms with Crippen LogP contribution >= 0.6 is 0 Å². The first kappa shape index (κ1) is 27.6. The number of fused-ring (bicyclic) bond motifs is 1. The second kappa shape index (κ2) is 12.1. The average Bonchev–Trinajstić information content (AvgIpc) is 3.31. The third-order valence-electron chi connectivity index (χ3n) is 7.84. The minimum atomic E-state index is -0.951. The third-order valence-corrected chi connectivity index (χ3v) is 7.84. The van der Waals surface area contributed by atoms with Crippen molar-refractivity contribution in [2.24, 2.45) is 0 Å². The molecule has 2 aromatic carbocycles. The van der Waals surface area contributed by atoms with Gasteiger partial charge in [-0.25, -0.2) is 14.2 Å². The molecule has 0 bridgehead atoms. The molecule has 2 fully saturated rings. The van der Waals surface area contributed by atoms with Crippen LogP contribution in [0.1, 0.15) is 46.6 Å². The van der Waals surface area contributed by atoms with Gasteiger partial charge >= 0.3 is 5.97 Å². The van der Waals surface area contributed by atoms with E-state index in [1.165, 1.54) is 6.07 Å². The number of nitrogens with zero attached hydrogens (tertiary/aromatic N) is 5. The Balaban J connectivity index is 1.06. The van der Waals surface area contributed by atoms with Crippen molar-refractivity contribution >= 4 is 22.8 Å². The number of carboxylic acids is 1. The fourth-order valence-electron chi connectivity index (χ4n) is 5.37. The molecule has 11 heteroatoms. The zero-order chi connectivity index (χ0) is 29.1. The lowest BCUT2D eigenvalue weighted by Gasteiger charge is -2.33. The predicted octanol–water partition coefficient (Wildman–Crippen LogP) is 4.58. The first-order chi connectivity index (χ1) is 20.4. The normalized spacial score (nSPS) is 17.5. The van der Waals surface area contributed by atoms with Gasteiger partial charge in [0, 0.05) is 37.4 Å². The van der Waals surface area contributed by atoms with Gasteiger partial charge in [-0.2, -0.15) is 10.2 Å². The van der Waals surface area contributed by atoms with Crippen molar-refractivity contribution in [3.8, 4) is 11.9 Å². The summed E-state index contributed by atoms with van der Waals surface area (Å²) in [7, 11) is 0. The Kier molecular flexibility index (Phi) is 7.99. The molecular weight excluding hydrogens is 539 g/mol. The van der Waals surface area contributed by atoms with Crippen LogP contribution in [-0.4, -0.2) is 62.4 Å². The fourth-order valence-corrected chi connectivity index (χ4v) is 5.37. The van der Waals surface area contributed by atoms with E-state index in [9.17, 15) is 14.3 Å². The summed E-state index contributed by atoms with van der Waals surface area (Å²) in [6, 6.07) is 17.0. The van der Waals surface area contributed by atoms with Gasteiger partial charge in [0.15, 0.2) is 0 Å². The number of hydrogen-bond donors (Lipinski definition) is 2. The molecular formula is C31H31FN6O4. The fraction of sp³-hybridized carbons (Fsp3) is 0.355. The predicted molar refractivity (Wildman–Crippen MR) is 153 cm³/mol. The largest absolute Gasteiger partial charge is 0.478 e. The molecule has 2 aliphatic rings. The van der Waals surface area contributed by atoms with Crippen molar-refractivity contribution in [3.05, 3.63) is 82.9 Å². The quantitative estimate of drug-likeness (QED) is 0.282. The maximum atomic E-state index is 14.2. The molecule has 2 aliphatic heterocycles. The highest BCUT2D eigenvalue weighted by atomic mass is 19.1. The molecule has 0 aliphatic carbocycles. The zero-order valence-electron chi connectivity index (χ0n) is 23.0. The van der Waals surface area contributed by atoms with E-state index in [4.69, 9.17) is 19.7 Å². The summed E-state index contributed by atoms with van der Waals surface area (Å²) in [5.41, 5.74) is 2.50. The molecule has 0 spiro atoms. The van der Waals surface area contributed by atoms with Crippen molar-refractivity contribution in [2.45, 2.75) is 51.1 Å². The van der Waals surface area contributed by atoms with Crippen LogP contribution in [0.5, 0.6) is 5.88 Å². The monoisotopic (exact) mass is 570 g/mol. The summed E-state index contributed by atoms with van der Waals surface area (Å²) >= 11 is 0. The lowest BCUT2D eigenvalue weighted by atomic mass is 10.1. The first-order valence-electron chi connectivity index (χ1n) is 14.1. The molecule has 2 saturated heterocycles. The van der Waals surface area contributed by atoms with Gasteiger partial charge in [-0.1, -0.05) is 12.1 Å². The topological polar surface area (TPSA) is 126 Å². The molecule has 0 radical (unpaired) electrons. The van der Waals surface area contributed by atoms with E-state index in [2.05, 4.69) is 19.8 Å². The molecule has 1 unspecified atom stereocenters. The Hall–Kier alpha value is -4.53. The second-order valence-electron chi connectivity index (χ2n) is 10.7. The van der Waals surface area contributed by atoms with Crippen LogP contribution in [0, 0.1) is 17.1 Å². The van der Waals surface area contributed by atoms with Crippen LogP contribution < -0.4 is 10.1 Å². The molecule has 0 amide bonds. The smallest absolute Gasteiger partial charge is 0.335 e. The summed E-state index contributed by atoms with van der Waals surface area (Å²) < 4.78 is 27.7. The average molecular weight is 571 g/mol. The number of aromatic nitrogens is 3. The van der Waals surface area contributed by atoms with Crippen molar-refractivity contribution in [1.82, 2.24) is 19.4 Å². The minimum absolute atomic E-state index is 0.0155. The number of nitriles is 1. The number of halogens is 1. The number of aromatic carboxylic acids is 1. The standard InChI is InChI=1S/C31H31FN6O4/c32-25-14-20(16-33)4-5-22(25)19-42-30-3-1-2-28(36-30)34-23-8-11-37(12-9-23)18-29-35-26-7-6-21(31(39)40)15-27(26)38(29)17-24-10-13-41-24/h1-7,14-15,23-24H,8-13,17-19H2,(H,34,36)(H,39,40). The number of rotatable bonds is 10. The Morgan fingerprint density at radius 1 is 1.14 bits per heavy atom. The number of piperidine rings is 1. The number of hydrogen-bond acceptors (Lipinski definition) is 8. The molecule has 6 rings (SSSR count). The van der Waals surface area contributed by atoms with Gasteiger partial charge < -0.3 is 24.5 Å². The second-order valence-corrected chi connectivity index (χ2v) is 10.7. The number of ether oxygens (including phenoxy) is 2. The van der Waals surface area contributed by atoms with Crippen LogP contribution in [0.15, 0.2) is 54.6 Å². The summed E-state index contributed by atoms with van der Waals surface area (Å²) in [5, 5.41) is 21.9. The van der Waals surface area contributed by atoms with Crippen molar-refractivity contribution in [3.63, 3.8) is 0 Å². The van der Waals surface area contributed by atoms with E-state index in [-0.39, 0.29) is 29.9 Å². The van der Waals surface area contributed by atoms with E-state index >= 15 is 0 Å². The summed E-state index contributed by atoms with van der Waals surface area (Å²) in [4.78, 5) is 23.3. The lowest BCUT2D eigenvalue weighted by Crippen LogP contribution is -2.39. The Labute approximate surface area is 242 Å². The van der Waals surface area contributed by atoms with Gasteiger partial charge in [-0.15, -0.1) is 0 Å². The van der Waals surface area contributed by atoms with Crippen LogP contribution in [0.3, 0.4) is 0 Å². The molecule has 0 saturated carbocycles. The number of carbonyl (C=O) groups is 1. The maximum absolute atomic E-state index is 14.2. The van der Waals surface area contributed by atoms with Gasteiger partial charge in [-0.3, -0.25) is 4.90 Å². The number of pyridine rings is 1. The molecule has 42 heavy (non-hydrogen) atoms. The van der Waals surface area contributed by atoms with Gasteiger partial charge in [0.25, 0.3) is 0 Å². The number of nitrogens with one attached hydrogen (secondary N) is 1. The first-order valence-corrected chi connectivity index (χ1v) is 14.1. The maximum Gasteiger partial charge on any atom is 0.335 e.